The zero-order valence-electron chi connectivity index (χ0n) is 7.88. The zero-order chi connectivity index (χ0) is 11.6. The van der Waals surface area contributed by atoms with E-state index in [1.54, 1.807) is 6.07 Å². The van der Waals surface area contributed by atoms with Crippen LogP contribution in [0.4, 0.5) is 5.69 Å². The van der Waals surface area contributed by atoms with E-state index >= 15 is 0 Å². The second kappa shape index (κ2) is 4.22. The van der Waals surface area contributed by atoms with Crippen LogP contribution >= 0.6 is 15.9 Å². The van der Waals surface area contributed by atoms with Crippen LogP contribution in [0.25, 0.3) is 0 Å². The lowest BCUT2D eigenvalue weighted by Gasteiger charge is -2.06. The van der Waals surface area contributed by atoms with E-state index in [4.69, 9.17) is 0 Å². The van der Waals surface area contributed by atoms with Gasteiger partial charge >= 0.3 is 0 Å². The summed E-state index contributed by atoms with van der Waals surface area (Å²) in [6.07, 6.45) is 5.54. The van der Waals surface area contributed by atoms with Crippen LogP contribution in [-0.4, -0.2) is 23.6 Å². The van der Waals surface area contributed by atoms with Crippen molar-refractivity contribution in [3.63, 3.8) is 0 Å². The largest absolute Gasteiger partial charge is 0.284 e. The van der Waals surface area contributed by atoms with Gasteiger partial charge < -0.3 is 0 Å². The minimum atomic E-state index is -3.59. The van der Waals surface area contributed by atoms with Gasteiger partial charge in [-0.3, -0.25) is 14.8 Å². The molecule has 16 heavy (non-hydrogen) atoms. The Labute approximate surface area is 100 Å². The lowest BCUT2D eigenvalue weighted by molar-refractivity contribution is 0.601. The highest BCUT2D eigenvalue weighted by Gasteiger charge is 2.16. The molecule has 0 aromatic carbocycles. The molecule has 2 N–H and O–H groups in total. The van der Waals surface area contributed by atoms with Crippen LogP contribution in [0, 0.1) is 0 Å². The topological polar surface area (TPSA) is 87.7 Å². The summed E-state index contributed by atoms with van der Waals surface area (Å²) in [5.41, 5.74) is 0.427. The van der Waals surface area contributed by atoms with Gasteiger partial charge in [0.1, 0.15) is 4.90 Å². The van der Waals surface area contributed by atoms with Gasteiger partial charge in [0.15, 0.2) is 0 Å². The van der Waals surface area contributed by atoms with Crippen molar-refractivity contribution in [1.82, 2.24) is 15.2 Å². The van der Waals surface area contributed by atoms with Gasteiger partial charge in [-0.2, -0.15) is 5.10 Å². The third-order valence-corrected chi connectivity index (χ3v) is 3.76. The molecule has 0 saturated carbocycles. The lowest BCUT2D eigenvalue weighted by Crippen LogP contribution is -2.12. The molecule has 6 nitrogen and oxygen atoms in total. The summed E-state index contributed by atoms with van der Waals surface area (Å²) in [5, 5.41) is 6.03. The Bertz CT molecular complexity index is 582. The van der Waals surface area contributed by atoms with Crippen molar-refractivity contribution in [2.75, 3.05) is 4.72 Å². The zero-order valence-corrected chi connectivity index (χ0v) is 10.3. The first kappa shape index (κ1) is 11.1. The van der Waals surface area contributed by atoms with Crippen molar-refractivity contribution >= 4 is 31.6 Å². The number of hydrogen-bond donors (Lipinski definition) is 2. The molecule has 0 saturated heterocycles. The number of sulfonamides is 1. The average Bonchev–Trinajstić information content (AvgIpc) is 2.75. The fourth-order valence-corrected chi connectivity index (χ4v) is 2.51. The number of nitrogens with zero attached hydrogens (tertiary/aromatic N) is 2. The van der Waals surface area contributed by atoms with Gasteiger partial charge in [-0.1, -0.05) is 0 Å². The number of hydrogen-bond acceptors (Lipinski definition) is 4. The summed E-state index contributed by atoms with van der Waals surface area (Å²) in [6.45, 7) is 0. The molecule has 2 aromatic heterocycles. The standard InChI is InChI=1S/C8H7BrN4O2S/c9-7-5-10-2-1-8(7)13-16(14,15)6-3-11-12-4-6/h1-5H,(H,10,13)(H,11,12). The Morgan fingerprint density at radius 2 is 2.19 bits per heavy atom. The summed E-state index contributed by atoms with van der Waals surface area (Å²) in [7, 11) is -3.59. The highest BCUT2D eigenvalue weighted by molar-refractivity contribution is 9.10. The molecule has 0 spiro atoms. The number of nitrogens with one attached hydrogen (secondary N) is 2. The quantitative estimate of drug-likeness (QED) is 0.896. The Balaban J connectivity index is 2.33. The number of rotatable bonds is 3. The van der Waals surface area contributed by atoms with Gasteiger partial charge in [-0.15, -0.1) is 0 Å². The Morgan fingerprint density at radius 3 is 2.81 bits per heavy atom. The molecule has 8 heteroatoms. The van der Waals surface area contributed by atoms with E-state index in [1.807, 2.05) is 0 Å². The minimum Gasteiger partial charge on any atom is -0.284 e. The third kappa shape index (κ3) is 2.22. The van der Waals surface area contributed by atoms with Gasteiger partial charge in [-0.25, -0.2) is 8.42 Å². The molecule has 0 unspecified atom stereocenters. The summed E-state index contributed by atoms with van der Waals surface area (Å²) in [6, 6.07) is 1.56. The maximum atomic E-state index is 11.8. The van der Waals surface area contributed by atoms with E-state index in [9.17, 15) is 8.42 Å². The fraction of sp³-hybridized carbons (Fsp3) is 0. The molecule has 0 aliphatic carbocycles. The van der Waals surface area contributed by atoms with Gasteiger partial charge in [0.05, 0.1) is 16.4 Å². The smallest absolute Gasteiger partial charge is 0.265 e. The van der Waals surface area contributed by atoms with Gasteiger partial charge in [0.25, 0.3) is 10.0 Å². The Hall–Kier alpha value is -1.41. The number of aromatic amines is 1. The van der Waals surface area contributed by atoms with Crippen molar-refractivity contribution in [3.05, 3.63) is 35.3 Å². The molecule has 0 bridgehead atoms. The molecule has 0 radical (unpaired) electrons. The van der Waals surface area contributed by atoms with Crippen molar-refractivity contribution < 1.29 is 8.42 Å². The Kier molecular flexibility index (Phi) is 2.92. The number of pyridine rings is 1. The Morgan fingerprint density at radius 1 is 1.38 bits per heavy atom. The van der Waals surface area contributed by atoms with Crippen molar-refractivity contribution in [3.8, 4) is 0 Å². The molecular formula is C8H7BrN4O2S. The predicted molar refractivity (Wildman–Crippen MR) is 61.3 cm³/mol. The third-order valence-electron chi connectivity index (χ3n) is 1.80. The molecule has 0 atom stereocenters. The monoisotopic (exact) mass is 302 g/mol. The van der Waals surface area contributed by atoms with Crippen LogP contribution < -0.4 is 4.72 Å². The minimum absolute atomic E-state index is 0.0798. The van der Waals surface area contributed by atoms with Gasteiger partial charge in [0.2, 0.25) is 0 Å². The molecule has 0 aliphatic rings. The average molecular weight is 303 g/mol. The van der Waals surface area contributed by atoms with E-state index in [-0.39, 0.29) is 4.90 Å². The van der Waals surface area contributed by atoms with E-state index in [0.717, 1.165) is 0 Å². The summed E-state index contributed by atoms with van der Waals surface area (Å²) < 4.78 is 26.6. The summed E-state index contributed by atoms with van der Waals surface area (Å²) >= 11 is 3.20. The maximum absolute atomic E-state index is 11.8. The van der Waals surface area contributed by atoms with Crippen LogP contribution in [0.1, 0.15) is 0 Å². The number of H-pyrrole nitrogens is 1. The predicted octanol–water partition coefficient (Wildman–Crippen LogP) is 1.37. The van der Waals surface area contributed by atoms with Crippen LogP contribution in [0.2, 0.25) is 0 Å². The summed E-state index contributed by atoms with van der Waals surface area (Å²) in [4.78, 5) is 3.92. The van der Waals surface area contributed by atoms with E-state index < -0.39 is 10.0 Å². The molecule has 0 aliphatic heterocycles. The molecule has 0 amide bonds. The van der Waals surface area contributed by atoms with Crippen molar-refractivity contribution in [2.24, 2.45) is 0 Å². The van der Waals surface area contributed by atoms with Crippen LogP contribution in [-0.2, 0) is 10.0 Å². The first-order valence-corrected chi connectivity index (χ1v) is 6.48. The van der Waals surface area contributed by atoms with Gasteiger partial charge in [0, 0.05) is 18.6 Å². The summed E-state index contributed by atoms with van der Waals surface area (Å²) in [5.74, 6) is 0. The van der Waals surface area contributed by atoms with Crippen molar-refractivity contribution in [1.29, 1.82) is 0 Å². The molecule has 2 aromatic rings. The molecular weight excluding hydrogens is 296 g/mol. The highest BCUT2D eigenvalue weighted by atomic mass is 79.9. The van der Waals surface area contributed by atoms with Crippen LogP contribution in [0.15, 0.2) is 40.2 Å². The number of halogens is 1. The first-order chi connectivity index (χ1) is 7.59. The first-order valence-electron chi connectivity index (χ1n) is 4.21. The number of aromatic nitrogens is 3. The van der Waals surface area contributed by atoms with Gasteiger partial charge in [-0.05, 0) is 22.0 Å². The lowest BCUT2D eigenvalue weighted by atomic mass is 10.4. The van der Waals surface area contributed by atoms with E-state index in [0.29, 0.717) is 10.2 Å². The highest BCUT2D eigenvalue weighted by Crippen LogP contribution is 2.22. The number of anilines is 1. The second-order valence-electron chi connectivity index (χ2n) is 2.90. The molecule has 84 valence electrons. The van der Waals surface area contributed by atoms with E-state index in [2.05, 4.69) is 35.8 Å². The SMILES string of the molecule is O=S(=O)(Nc1ccncc1Br)c1cn[nH]c1. The normalized spacial score (nSPS) is 11.3. The second-order valence-corrected chi connectivity index (χ2v) is 5.43. The van der Waals surface area contributed by atoms with Crippen molar-refractivity contribution in [2.45, 2.75) is 4.90 Å². The van der Waals surface area contributed by atoms with Crippen LogP contribution in [0.5, 0.6) is 0 Å². The molecule has 0 fully saturated rings. The van der Waals surface area contributed by atoms with Crippen LogP contribution in [0.3, 0.4) is 0 Å². The van der Waals surface area contributed by atoms with E-state index in [1.165, 1.54) is 24.8 Å². The fourth-order valence-electron chi connectivity index (χ4n) is 1.05. The molecule has 2 heterocycles. The maximum Gasteiger partial charge on any atom is 0.265 e. The molecule has 2 rings (SSSR count).